The number of carbonyl (C=O) groups is 1. The van der Waals surface area contributed by atoms with E-state index in [1.54, 1.807) is 0 Å². The van der Waals surface area contributed by atoms with Gasteiger partial charge in [0.15, 0.2) is 0 Å². The maximum atomic E-state index is 11.9. The second-order valence-corrected chi connectivity index (χ2v) is 4.48. The molecule has 1 amide bonds. The number of rotatable bonds is 2. The number of hydrogen-bond acceptors (Lipinski definition) is 3. The molecule has 1 saturated carbocycles. The number of amides is 1. The van der Waals surface area contributed by atoms with Crippen molar-refractivity contribution >= 4 is 5.91 Å². The first-order valence-electron chi connectivity index (χ1n) is 6.00. The van der Waals surface area contributed by atoms with Crippen molar-refractivity contribution in [3.8, 4) is 11.5 Å². The molecule has 0 spiro atoms. The molecule has 17 heavy (non-hydrogen) atoms. The van der Waals surface area contributed by atoms with Crippen LogP contribution >= 0.6 is 0 Å². The molecule has 1 aromatic carbocycles. The molecule has 4 heteroatoms. The zero-order valence-corrected chi connectivity index (χ0v) is 9.65. The lowest BCUT2D eigenvalue weighted by atomic mass is 9.95. The molecule has 0 radical (unpaired) electrons. The molecule has 1 aliphatic rings. The molecule has 3 N–H and O–H groups in total. The summed E-state index contributed by atoms with van der Waals surface area (Å²) in [5, 5.41) is 22.0. The molecule has 1 fully saturated rings. The monoisotopic (exact) mass is 235 g/mol. The van der Waals surface area contributed by atoms with Gasteiger partial charge >= 0.3 is 0 Å². The lowest BCUT2D eigenvalue weighted by Gasteiger charge is -2.23. The van der Waals surface area contributed by atoms with Gasteiger partial charge in [-0.2, -0.15) is 0 Å². The Morgan fingerprint density at radius 1 is 1.12 bits per heavy atom. The van der Waals surface area contributed by atoms with Gasteiger partial charge in [0.05, 0.1) is 0 Å². The van der Waals surface area contributed by atoms with Crippen LogP contribution in [-0.4, -0.2) is 22.2 Å². The van der Waals surface area contributed by atoms with Gasteiger partial charge in [-0.3, -0.25) is 4.79 Å². The zero-order valence-electron chi connectivity index (χ0n) is 9.65. The Bertz CT molecular complexity index is 391. The first kappa shape index (κ1) is 11.8. The smallest absolute Gasteiger partial charge is 0.259 e. The summed E-state index contributed by atoms with van der Waals surface area (Å²) in [6, 6.07) is 4.46. The van der Waals surface area contributed by atoms with E-state index >= 15 is 0 Å². The van der Waals surface area contributed by atoms with Gasteiger partial charge < -0.3 is 15.5 Å². The molecular formula is C13H17NO3. The first-order chi connectivity index (χ1) is 8.18. The quantitative estimate of drug-likeness (QED) is 0.735. The minimum absolute atomic E-state index is 0.0296. The summed E-state index contributed by atoms with van der Waals surface area (Å²) in [7, 11) is 0. The van der Waals surface area contributed by atoms with E-state index in [4.69, 9.17) is 0 Å². The van der Waals surface area contributed by atoms with Crippen molar-refractivity contribution in [3.05, 3.63) is 23.8 Å². The van der Waals surface area contributed by atoms with Crippen LogP contribution in [0.15, 0.2) is 18.2 Å². The Kier molecular flexibility index (Phi) is 3.52. The number of aromatic hydroxyl groups is 2. The van der Waals surface area contributed by atoms with Crippen LogP contribution in [0.25, 0.3) is 0 Å². The third-order valence-corrected chi connectivity index (χ3v) is 3.19. The van der Waals surface area contributed by atoms with Crippen LogP contribution in [0.4, 0.5) is 0 Å². The van der Waals surface area contributed by atoms with Crippen LogP contribution in [-0.2, 0) is 0 Å². The summed E-state index contributed by atoms with van der Waals surface area (Å²) in [5.41, 5.74) is -0.0296. The molecule has 0 aliphatic heterocycles. The highest BCUT2D eigenvalue weighted by Gasteiger charge is 2.20. The predicted molar refractivity (Wildman–Crippen MR) is 64.1 cm³/mol. The molecule has 0 heterocycles. The van der Waals surface area contributed by atoms with Gasteiger partial charge in [0.25, 0.3) is 5.91 Å². The van der Waals surface area contributed by atoms with Crippen LogP contribution in [0.5, 0.6) is 11.5 Å². The maximum absolute atomic E-state index is 11.9. The van der Waals surface area contributed by atoms with Crippen molar-refractivity contribution < 1.29 is 15.0 Å². The van der Waals surface area contributed by atoms with Gasteiger partial charge in [-0.15, -0.1) is 0 Å². The lowest BCUT2D eigenvalue weighted by Crippen LogP contribution is -2.36. The van der Waals surface area contributed by atoms with Crippen molar-refractivity contribution in [1.29, 1.82) is 0 Å². The highest BCUT2D eigenvalue weighted by molar-refractivity contribution is 5.99. The largest absolute Gasteiger partial charge is 0.507 e. The molecule has 4 nitrogen and oxygen atoms in total. The first-order valence-corrected chi connectivity index (χ1v) is 6.00. The number of phenols is 2. The second kappa shape index (κ2) is 5.08. The van der Waals surface area contributed by atoms with E-state index in [9.17, 15) is 15.0 Å². The van der Waals surface area contributed by atoms with E-state index < -0.39 is 5.91 Å². The summed E-state index contributed by atoms with van der Waals surface area (Å²) in [5.74, 6) is -0.760. The second-order valence-electron chi connectivity index (χ2n) is 4.48. The van der Waals surface area contributed by atoms with Gasteiger partial charge in [0.2, 0.25) is 0 Å². The SMILES string of the molecule is O=C(NC1CCCCC1)c1c(O)cccc1O. The third-order valence-electron chi connectivity index (χ3n) is 3.19. The highest BCUT2D eigenvalue weighted by atomic mass is 16.3. The minimum atomic E-state index is -0.396. The van der Waals surface area contributed by atoms with Gasteiger partial charge in [-0.1, -0.05) is 25.3 Å². The van der Waals surface area contributed by atoms with Crippen molar-refractivity contribution in [3.63, 3.8) is 0 Å². The van der Waals surface area contributed by atoms with Crippen molar-refractivity contribution in [2.45, 2.75) is 38.1 Å². The summed E-state index contributed by atoms with van der Waals surface area (Å²) in [6.45, 7) is 0. The molecule has 0 atom stereocenters. The van der Waals surface area contributed by atoms with Crippen LogP contribution in [0, 0.1) is 0 Å². The van der Waals surface area contributed by atoms with E-state index in [0.29, 0.717) is 0 Å². The molecule has 2 rings (SSSR count). The normalized spacial score (nSPS) is 16.7. The number of benzene rings is 1. The molecular weight excluding hydrogens is 218 g/mol. The summed E-state index contributed by atoms with van der Waals surface area (Å²) >= 11 is 0. The van der Waals surface area contributed by atoms with Gasteiger partial charge in [-0.05, 0) is 25.0 Å². The number of nitrogens with one attached hydrogen (secondary N) is 1. The molecule has 0 unspecified atom stereocenters. The Hall–Kier alpha value is -1.71. The van der Waals surface area contributed by atoms with E-state index in [-0.39, 0.29) is 23.1 Å². The van der Waals surface area contributed by atoms with E-state index in [0.717, 1.165) is 25.7 Å². The van der Waals surface area contributed by atoms with Crippen LogP contribution in [0.2, 0.25) is 0 Å². The van der Waals surface area contributed by atoms with E-state index in [1.165, 1.54) is 24.6 Å². The van der Waals surface area contributed by atoms with Gasteiger partial charge in [0.1, 0.15) is 17.1 Å². The van der Waals surface area contributed by atoms with Crippen LogP contribution in [0.3, 0.4) is 0 Å². The fraction of sp³-hybridized carbons (Fsp3) is 0.462. The zero-order chi connectivity index (χ0) is 12.3. The molecule has 0 aromatic heterocycles. The Morgan fingerprint density at radius 3 is 2.29 bits per heavy atom. The maximum Gasteiger partial charge on any atom is 0.259 e. The number of carbonyl (C=O) groups excluding carboxylic acids is 1. The fourth-order valence-electron chi connectivity index (χ4n) is 2.27. The van der Waals surface area contributed by atoms with Crippen LogP contribution < -0.4 is 5.32 Å². The predicted octanol–water partition coefficient (Wildman–Crippen LogP) is 2.16. The Morgan fingerprint density at radius 2 is 1.71 bits per heavy atom. The molecule has 1 aromatic rings. The molecule has 0 bridgehead atoms. The summed E-state index contributed by atoms with van der Waals surface area (Å²) in [6.07, 6.45) is 5.41. The van der Waals surface area contributed by atoms with Gasteiger partial charge in [0, 0.05) is 6.04 Å². The number of phenolic OH excluding ortho intramolecular Hbond substituents is 2. The topological polar surface area (TPSA) is 69.6 Å². The van der Waals surface area contributed by atoms with Crippen molar-refractivity contribution in [2.24, 2.45) is 0 Å². The highest BCUT2D eigenvalue weighted by Crippen LogP contribution is 2.27. The molecule has 92 valence electrons. The van der Waals surface area contributed by atoms with Gasteiger partial charge in [-0.25, -0.2) is 0 Å². The van der Waals surface area contributed by atoms with Crippen molar-refractivity contribution in [1.82, 2.24) is 5.32 Å². The van der Waals surface area contributed by atoms with E-state index in [1.807, 2.05) is 0 Å². The Labute approximate surface area is 100 Å². The van der Waals surface area contributed by atoms with E-state index in [2.05, 4.69) is 5.32 Å². The summed E-state index contributed by atoms with van der Waals surface area (Å²) in [4.78, 5) is 11.9. The fourth-order valence-corrected chi connectivity index (χ4v) is 2.27. The average molecular weight is 235 g/mol. The Balaban J connectivity index is 2.08. The molecule has 1 aliphatic carbocycles. The summed E-state index contributed by atoms with van der Waals surface area (Å²) < 4.78 is 0. The molecule has 0 saturated heterocycles. The minimum Gasteiger partial charge on any atom is -0.507 e. The average Bonchev–Trinajstić information content (AvgIpc) is 2.30. The van der Waals surface area contributed by atoms with Crippen molar-refractivity contribution in [2.75, 3.05) is 0 Å². The van der Waals surface area contributed by atoms with Crippen LogP contribution in [0.1, 0.15) is 42.5 Å². The standard InChI is InChI=1S/C13H17NO3/c15-10-7-4-8-11(16)12(10)13(17)14-9-5-2-1-3-6-9/h4,7-9,15-16H,1-3,5-6H2,(H,14,17). The lowest BCUT2D eigenvalue weighted by molar-refractivity contribution is 0.0922. The number of hydrogen-bond donors (Lipinski definition) is 3. The third kappa shape index (κ3) is 2.70.